The molecule has 5 heteroatoms. The van der Waals surface area contributed by atoms with Gasteiger partial charge in [0.15, 0.2) is 0 Å². The Morgan fingerprint density at radius 1 is 1.12 bits per heavy atom. The second-order valence-corrected chi connectivity index (χ2v) is 7.45. The standard InChI is InChI=1S/C19H23ClN2O2/c20-17-3-1-2-4-18(17)21-7-9-22(10-8-21)19(23)24-13-16-12-14-5-6-15(16)11-14/h1-6,14-16H,7-13H2. The maximum atomic E-state index is 12.3. The van der Waals surface area contributed by atoms with Gasteiger partial charge < -0.3 is 14.5 Å². The molecule has 4 nitrogen and oxygen atoms in total. The fraction of sp³-hybridized carbons (Fsp3) is 0.526. The number of amides is 1. The summed E-state index contributed by atoms with van der Waals surface area (Å²) < 4.78 is 5.59. The maximum Gasteiger partial charge on any atom is 0.409 e. The summed E-state index contributed by atoms with van der Waals surface area (Å²) >= 11 is 6.26. The SMILES string of the molecule is O=C(OCC1CC2C=CC1C2)N1CCN(c2ccccc2Cl)CC1. The summed E-state index contributed by atoms with van der Waals surface area (Å²) in [6.45, 7) is 3.50. The smallest absolute Gasteiger partial charge is 0.409 e. The Labute approximate surface area is 148 Å². The number of hydrogen-bond acceptors (Lipinski definition) is 3. The summed E-state index contributed by atoms with van der Waals surface area (Å²) in [5, 5.41) is 0.762. The summed E-state index contributed by atoms with van der Waals surface area (Å²) in [5.41, 5.74) is 1.04. The maximum absolute atomic E-state index is 12.3. The molecule has 1 aromatic carbocycles. The number of carbonyl (C=O) groups is 1. The van der Waals surface area contributed by atoms with Gasteiger partial charge in [-0.25, -0.2) is 4.79 Å². The van der Waals surface area contributed by atoms with Crippen LogP contribution in [0.1, 0.15) is 12.8 Å². The minimum absolute atomic E-state index is 0.166. The van der Waals surface area contributed by atoms with Crippen molar-refractivity contribution in [2.45, 2.75) is 12.8 Å². The van der Waals surface area contributed by atoms with E-state index in [-0.39, 0.29) is 6.09 Å². The number of anilines is 1. The molecule has 1 aromatic rings. The molecule has 1 saturated heterocycles. The molecule has 1 amide bonds. The van der Waals surface area contributed by atoms with E-state index in [2.05, 4.69) is 17.1 Å². The monoisotopic (exact) mass is 346 g/mol. The average Bonchev–Trinajstić information content (AvgIpc) is 3.23. The number of halogens is 1. The molecule has 3 atom stereocenters. The van der Waals surface area contributed by atoms with Crippen molar-refractivity contribution < 1.29 is 9.53 Å². The van der Waals surface area contributed by atoms with Gasteiger partial charge >= 0.3 is 6.09 Å². The number of piperazine rings is 1. The van der Waals surface area contributed by atoms with Crippen LogP contribution < -0.4 is 4.90 Å². The highest BCUT2D eigenvalue weighted by molar-refractivity contribution is 6.33. The Balaban J connectivity index is 1.26. The van der Waals surface area contributed by atoms with E-state index in [0.29, 0.717) is 31.5 Å². The molecule has 1 heterocycles. The molecule has 1 aliphatic heterocycles. The lowest BCUT2D eigenvalue weighted by molar-refractivity contribution is 0.0814. The summed E-state index contributed by atoms with van der Waals surface area (Å²) in [7, 11) is 0. The van der Waals surface area contributed by atoms with E-state index in [1.807, 2.05) is 29.2 Å². The fourth-order valence-electron chi connectivity index (χ4n) is 4.19. The zero-order valence-corrected chi connectivity index (χ0v) is 14.5. The summed E-state index contributed by atoms with van der Waals surface area (Å²) in [4.78, 5) is 16.4. The molecule has 0 N–H and O–H groups in total. The largest absolute Gasteiger partial charge is 0.449 e. The van der Waals surface area contributed by atoms with Gasteiger partial charge in [0.1, 0.15) is 0 Å². The topological polar surface area (TPSA) is 32.8 Å². The van der Waals surface area contributed by atoms with Gasteiger partial charge in [-0.05, 0) is 36.8 Å². The molecular weight excluding hydrogens is 324 g/mol. The first kappa shape index (κ1) is 15.8. The number of benzene rings is 1. The zero-order valence-electron chi connectivity index (χ0n) is 13.7. The number of ether oxygens (including phenoxy) is 1. The average molecular weight is 347 g/mol. The molecule has 2 aliphatic carbocycles. The van der Waals surface area contributed by atoms with Crippen molar-refractivity contribution in [3.8, 4) is 0 Å². The van der Waals surface area contributed by atoms with E-state index in [0.717, 1.165) is 29.7 Å². The fourth-order valence-corrected chi connectivity index (χ4v) is 4.45. The Morgan fingerprint density at radius 2 is 1.92 bits per heavy atom. The third-order valence-corrected chi connectivity index (χ3v) is 5.89. The van der Waals surface area contributed by atoms with Gasteiger partial charge in [0, 0.05) is 32.1 Å². The lowest BCUT2D eigenvalue weighted by Crippen LogP contribution is -2.49. The van der Waals surface area contributed by atoms with Gasteiger partial charge in [0.25, 0.3) is 0 Å². The summed E-state index contributed by atoms with van der Waals surface area (Å²) in [6.07, 6.45) is 6.87. The predicted octanol–water partition coefficient (Wildman–Crippen LogP) is 3.81. The van der Waals surface area contributed by atoms with E-state index < -0.39 is 0 Å². The van der Waals surface area contributed by atoms with E-state index in [1.54, 1.807) is 0 Å². The molecule has 4 rings (SSSR count). The van der Waals surface area contributed by atoms with Crippen LogP contribution in [0, 0.1) is 17.8 Å². The molecular formula is C19H23ClN2O2. The minimum atomic E-state index is -0.166. The van der Waals surface area contributed by atoms with Crippen LogP contribution in [0.15, 0.2) is 36.4 Å². The number of para-hydroxylation sites is 1. The van der Waals surface area contributed by atoms with Crippen LogP contribution in [0.5, 0.6) is 0 Å². The van der Waals surface area contributed by atoms with Gasteiger partial charge in [-0.1, -0.05) is 35.9 Å². The van der Waals surface area contributed by atoms with Gasteiger partial charge in [0.05, 0.1) is 17.3 Å². The molecule has 128 valence electrons. The molecule has 3 unspecified atom stereocenters. The second kappa shape index (κ2) is 6.67. The van der Waals surface area contributed by atoms with Gasteiger partial charge in [-0.2, -0.15) is 0 Å². The lowest BCUT2D eigenvalue weighted by atomic mass is 9.95. The van der Waals surface area contributed by atoms with Crippen molar-refractivity contribution in [2.75, 3.05) is 37.7 Å². The van der Waals surface area contributed by atoms with E-state index in [4.69, 9.17) is 16.3 Å². The van der Waals surface area contributed by atoms with Crippen molar-refractivity contribution >= 4 is 23.4 Å². The molecule has 3 aliphatic rings. The van der Waals surface area contributed by atoms with Crippen molar-refractivity contribution in [2.24, 2.45) is 17.8 Å². The zero-order chi connectivity index (χ0) is 16.5. The van der Waals surface area contributed by atoms with E-state index in [1.165, 1.54) is 12.8 Å². The predicted molar refractivity (Wildman–Crippen MR) is 95.4 cm³/mol. The van der Waals surface area contributed by atoms with Crippen LogP contribution in [0.4, 0.5) is 10.5 Å². The van der Waals surface area contributed by atoms with Gasteiger partial charge in [-0.15, -0.1) is 0 Å². The van der Waals surface area contributed by atoms with Crippen molar-refractivity contribution in [1.29, 1.82) is 0 Å². The highest BCUT2D eigenvalue weighted by atomic mass is 35.5. The molecule has 0 aromatic heterocycles. The van der Waals surface area contributed by atoms with E-state index >= 15 is 0 Å². The Kier molecular flexibility index (Phi) is 4.40. The van der Waals surface area contributed by atoms with E-state index in [9.17, 15) is 4.79 Å². The number of allylic oxidation sites excluding steroid dienone is 2. The Hall–Kier alpha value is -1.68. The quantitative estimate of drug-likeness (QED) is 0.780. The third kappa shape index (κ3) is 3.12. The molecule has 2 bridgehead atoms. The summed E-state index contributed by atoms with van der Waals surface area (Å²) in [6, 6.07) is 7.86. The normalized spacial score (nSPS) is 28.5. The highest BCUT2D eigenvalue weighted by Crippen LogP contribution is 2.43. The van der Waals surface area contributed by atoms with Crippen LogP contribution >= 0.6 is 11.6 Å². The molecule has 0 spiro atoms. The van der Waals surface area contributed by atoms with Crippen molar-refractivity contribution in [3.05, 3.63) is 41.4 Å². The highest BCUT2D eigenvalue weighted by Gasteiger charge is 2.36. The number of rotatable bonds is 3. The number of hydrogen-bond donors (Lipinski definition) is 0. The minimum Gasteiger partial charge on any atom is -0.449 e. The lowest BCUT2D eigenvalue weighted by Gasteiger charge is -2.36. The van der Waals surface area contributed by atoms with Crippen LogP contribution in [0.25, 0.3) is 0 Å². The van der Waals surface area contributed by atoms with Crippen molar-refractivity contribution in [3.63, 3.8) is 0 Å². The van der Waals surface area contributed by atoms with Crippen LogP contribution in [-0.4, -0.2) is 43.8 Å². The summed E-state index contributed by atoms with van der Waals surface area (Å²) in [5.74, 6) is 1.87. The first-order chi connectivity index (χ1) is 11.7. The number of fused-ring (bicyclic) bond motifs is 2. The van der Waals surface area contributed by atoms with Crippen LogP contribution in [0.3, 0.4) is 0 Å². The Morgan fingerprint density at radius 3 is 2.58 bits per heavy atom. The van der Waals surface area contributed by atoms with Gasteiger partial charge in [0.2, 0.25) is 0 Å². The number of carbonyl (C=O) groups excluding carboxylic acids is 1. The molecule has 24 heavy (non-hydrogen) atoms. The molecule has 1 saturated carbocycles. The first-order valence-corrected chi connectivity index (χ1v) is 9.18. The van der Waals surface area contributed by atoms with Gasteiger partial charge in [-0.3, -0.25) is 0 Å². The third-order valence-electron chi connectivity index (χ3n) is 5.57. The van der Waals surface area contributed by atoms with Crippen LogP contribution in [0.2, 0.25) is 5.02 Å². The van der Waals surface area contributed by atoms with Crippen LogP contribution in [-0.2, 0) is 4.74 Å². The molecule has 2 fully saturated rings. The van der Waals surface area contributed by atoms with Crippen molar-refractivity contribution in [1.82, 2.24) is 4.90 Å². The first-order valence-electron chi connectivity index (χ1n) is 8.80. The number of nitrogens with zero attached hydrogens (tertiary/aromatic N) is 2. The molecule has 0 radical (unpaired) electrons. The second-order valence-electron chi connectivity index (χ2n) is 7.04. The Bertz CT molecular complexity index is 640.